The Hall–Kier alpha value is -0.610. The zero-order valence-corrected chi connectivity index (χ0v) is 13.5. The quantitative estimate of drug-likeness (QED) is 0.927. The monoisotopic (exact) mass is 295 g/mol. The van der Waals surface area contributed by atoms with Crippen molar-refractivity contribution in [1.82, 2.24) is 9.80 Å². The van der Waals surface area contributed by atoms with Crippen molar-refractivity contribution < 1.29 is 0 Å². The lowest BCUT2D eigenvalue weighted by Gasteiger charge is -2.49. The largest absolute Gasteiger partial charge is 0.329 e. The fourth-order valence-corrected chi connectivity index (χ4v) is 3.66. The van der Waals surface area contributed by atoms with Crippen LogP contribution in [0.2, 0.25) is 5.02 Å². The van der Waals surface area contributed by atoms with Gasteiger partial charge in [-0.2, -0.15) is 0 Å². The highest BCUT2D eigenvalue weighted by atomic mass is 35.5. The molecule has 2 atom stereocenters. The fourth-order valence-electron chi connectivity index (χ4n) is 3.37. The minimum Gasteiger partial charge on any atom is -0.329 e. The number of hydrogen-bond acceptors (Lipinski definition) is 3. The van der Waals surface area contributed by atoms with Crippen LogP contribution < -0.4 is 5.73 Å². The molecule has 4 heteroatoms. The fraction of sp³-hybridized carbons (Fsp3) is 0.625. The summed E-state index contributed by atoms with van der Waals surface area (Å²) in [6.45, 7) is 5.08. The molecule has 0 aromatic heterocycles. The molecule has 3 nitrogen and oxygen atoms in total. The average molecular weight is 296 g/mol. The van der Waals surface area contributed by atoms with Crippen LogP contribution >= 0.6 is 11.6 Å². The van der Waals surface area contributed by atoms with Gasteiger partial charge in [-0.05, 0) is 52.0 Å². The summed E-state index contributed by atoms with van der Waals surface area (Å²) in [6.07, 6.45) is 2.35. The van der Waals surface area contributed by atoms with Crippen LogP contribution in [0, 0.1) is 0 Å². The average Bonchev–Trinajstić information content (AvgIpc) is 2.46. The molecule has 1 saturated heterocycles. The van der Waals surface area contributed by atoms with Gasteiger partial charge in [0.05, 0.1) is 0 Å². The SMILES string of the molecule is CC(c1ccccc1Cl)N(C)C1(CN)CCCN(C)C1. The first-order valence-corrected chi connectivity index (χ1v) is 7.74. The van der Waals surface area contributed by atoms with E-state index in [9.17, 15) is 0 Å². The molecule has 0 amide bonds. The maximum absolute atomic E-state index is 6.35. The van der Waals surface area contributed by atoms with Crippen LogP contribution in [0.15, 0.2) is 24.3 Å². The molecule has 20 heavy (non-hydrogen) atoms. The normalized spacial score (nSPS) is 25.9. The molecule has 0 saturated carbocycles. The lowest BCUT2D eigenvalue weighted by atomic mass is 9.86. The summed E-state index contributed by atoms with van der Waals surface area (Å²) >= 11 is 6.35. The summed E-state index contributed by atoms with van der Waals surface area (Å²) in [7, 11) is 4.36. The van der Waals surface area contributed by atoms with Crippen molar-refractivity contribution in [3.05, 3.63) is 34.9 Å². The van der Waals surface area contributed by atoms with Gasteiger partial charge in [0.25, 0.3) is 0 Å². The Labute approximate surface area is 127 Å². The van der Waals surface area contributed by atoms with Gasteiger partial charge in [-0.15, -0.1) is 0 Å². The van der Waals surface area contributed by atoms with E-state index in [1.54, 1.807) is 0 Å². The van der Waals surface area contributed by atoms with Crippen molar-refractivity contribution in [3.8, 4) is 0 Å². The number of benzene rings is 1. The molecule has 2 unspecified atom stereocenters. The molecular weight excluding hydrogens is 270 g/mol. The zero-order valence-electron chi connectivity index (χ0n) is 12.8. The minimum atomic E-state index is 0.0472. The van der Waals surface area contributed by atoms with Crippen molar-refractivity contribution >= 4 is 11.6 Å². The number of piperidine rings is 1. The lowest BCUT2D eigenvalue weighted by Crippen LogP contribution is -2.61. The van der Waals surface area contributed by atoms with Crippen LogP contribution in [-0.4, -0.2) is 49.1 Å². The zero-order chi connectivity index (χ0) is 14.8. The van der Waals surface area contributed by atoms with Crippen LogP contribution in [0.25, 0.3) is 0 Å². The van der Waals surface area contributed by atoms with Crippen molar-refractivity contribution in [2.45, 2.75) is 31.3 Å². The standard InChI is InChI=1S/C16H26ClN3/c1-13(14-7-4-5-8-15(14)17)20(3)16(11-18)9-6-10-19(2)12-16/h4-5,7-8,13H,6,9-12,18H2,1-3H3. The summed E-state index contributed by atoms with van der Waals surface area (Å²) in [5.74, 6) is 0. The number of likely N-dealkylation sites (N-methyl/N-ethyl adjacent to an activating group) is 2. The van der Waals surface area contributed by atoms with E-state index in [-0.39, 0.29) is 11.6 Å². The van der Waals surface area contributed by atoms with Gasteiger partial charge >= 0.3 is 0 Å². The molecule has 1 aromatic carbocycles. The van der Waals surface area contributed by atoms with Crippen LogP contribution in [0.5, 0.6) is 0 Å². The van der Waals surface area contributed by atoms with Gasteiger partial charge < -0.3 is 10.6 Å². The molecule has 0 bridgehead atoms. The first-order chi connectivity index (χ1) is 9.50. The summed E-state index contributed by atoms with van der Waals surface area (Å²) in [4.78, 5) is 4.80. The van der Waals surface area contributed by atoms with Crippen LogP contribution in [-0.2, 0) is 0 Å². The Morgan fingerprint density at radius 2 is 2.15 bits per heavy atom. The summed E-state index contributed by atoms with van der Waals surface area (Å²) in [6, 6.07) is 8.36. The second-order valence-electron chi connectivity index (χ2n) is 6.08. The molecule has 1 aliphatic heterocycles. The van der Waals surface area contributed by atoms with Gasteiger partial charge in [0.1, 0.15) is 0 Å². The first kappa shape index (κ1) is 15.8. The molecule has 2 rings (SSSR count). The van der Waals surface area contributed by atoms with Crippen molar-refractivity contribution in [1.29, 1.82) is 0 Å². The molecule has 1 aromatic rings. The minimum absolute atomic E-state index is 0.0472. The maximum atomic E-state index is 6.35. The number of halogens is 1. The highest BCUT2D eigenvalue weighted by Crippen LogP contribution is 2.34. The number of likely N-dealkylation sites (tertiary alicyclic amines) is 1. The number of hydrogen-bond donors (Lipinski definition) is 1. The van der Waals surface area contributed by atoms with E-state index in [0.717, 1.165) is 24.5 Å². The summed E-state index contributed by atoms with van der Waals surface area (Å²) in [5, 5.41) is 0.836. The van der Waals surface area contributed by atoms with Gasteiger partial charge in [-0.1, -0.05) is 29.8 Å². The molecule has 0 aliphatic carbocycles. The Bertz CT molecular complexity index is 451. The van der Waals surface area contributed by atoms with Crippen LogP contribution in [0.4, 0.5) is 0 Å². The van der Waals surface area contributed by atoms with E-state index < -0.39 is 0 Å². The van der Waals surface area contributed by atoms with E-state index in [4.69, 9.17) is 17.3 Å². The van der Waals surface area contributed by atoms with E-state index in [1.165, 1.54) is 12.0 Å². The third-order valence-electron chi connectivity index (χ3n) is 4.81. The van der Waals surface area contributed by atoms with Gasteiger partial charge in [-0.3, -0.25) is 4.90 Å². The Balaban J connectivity index is 2.24. The number of nitrogens with zero attached hydrogens (tertiary/aromatic N) is 2. The second kappa shape index (κ2) is 6.44. The lowest BCUT2D eigenvalue weighted by molar-refractivity contribution is 0.0195. The van der Waals surface area contributed by atoms with Gasteiger partial charge in [0, 0.05) is 29.7 Å². The molecule has 112 valence electrons. The van der Waals surface area contributed by atoms with E-state index >= 15 is 0 Å². The van der Waals surface area contributed by atoms with E-state index in [0.29, 0.717) is 6.54 Å². The van der Waals surface area contributed by atoms with Gasteiger partial charge in [-0.25, -0.2) is 0 Å². The summed E-state index contributed by atoms with van der Waals surface area (Å²) < 4.78 is 0. The molecule has 2 N–H and O–H groups in total. The van der Waals surface area contributed by atoms with Gasteiger partial charge in [0.15, 0.2) is 0 Å². The predicted octanol–water partition coefficient (Wildman–Crippen LogP) is 2.76. The molecule has 0 spiro atoms. The smallest absolute Gasteiger partial charge is 0.0461 e. The third-order valence-corrected chi connectivity index (χ3v) is 5.15. The van der Waals surface area contributed by atoms with Crippen molar-refractivity contribution in [3.63, 3.8) is 0 Å². The Morgan fingerprint density at radius 1 is 1.45 bits per heavy atom. The first-order valence-electron chi connectivity index (χ1n) is 7.36. The van der Waals surface area contributed by atoms with Crippen LogP contribution in [0.1, 0.15) is 31.4 Å². The van der Waals surface area contributed by atoms with Gasteiger partial charge in [0.2, 0.25) is 0 Å². The topological polar surface area (TPSA) is 32.5 Å². The Kier molecular flexibility index (Phi) is 5.08. The van der Waals surface area contributed by atoms with Crippen molar-refractivity contribution in [2.75, 3.05) is 33.7 Å². The van der Waals surface area contributed by atoms with E-state index in [1.807, 2.05) is 18.2 Å². The summed E-state index contributed by atoms with van der Waals surface area (Å²) in [5.41, 5.74) is 7.38. The Morgan fingerprint density at radius 3 is 2.75 bits per heavy atom. The highest BCUT2D eigenvalue weighted by molar-refractivity contribution is 6.31. The molecule has 1 aliphatic rings. The maximum Gasteiger partial charge on any atom is 0.0461 e. The van der Waals surface area contributed by atoms with Crippen molar-refractivity contribution in [2.24, 2.45) is 5.73 Å². The molecule has 0 radical (unpaired) electrons. The number of rotatable bonds is 4. The second-order valence-corrected chi connectivity index (χ2v) is 6.49. The van der Waals surface area contributed by atoms with E-state index in [2.05, 4.69) is 36.9 Å². The van der Waals surface area contributed by atoms with Crippen LogP contribution in [0.3, 0.4) is 0 Å². The molecule has 1 heterocycles. The third kappa shape index (κ3) is 3.01. The highest BCUT2D eigenvalue weighted by Gasteiger charge is 2.39. The molecular formula is C16H26ClN3. The number of nitrogens with two attached hydrogens (primary N) is 1. The molecule has 1 fully saturated rings. The predicted molar refractivity (Wildman–Crippen MR) is 86.1 cm³/mol.